The van der Waals surface area contributed by atoms with Gasteiger partial charge in [0.2, 0.25) is 0 Å². The molecule has 0 aliphatic heterocycles. The number of fused-ring (bicyclic) bond motifs is 1. The number of methoxy groups -OCH3 is 1. The molecule has 2 aromatic rings. The Labute approximate surface area is 137 Å². The third kappa shape index (κ3) is 3.58. The first-order chi connectivity index (χ1) is 11.0. The number of hydrogen-bond donors (Lipinski definition) is 1. The van der Waals surface area contributed by atoms with Gasteiger partial charge in [-0.15, -0.1) is 0 Å². The summed E-state index contributed by atoms with van der Waals surface area (Å²) in [6.45, 7) is 0. The van der Waals surface area contributed by atoms with E-state index in [0.717, 1.165) is 48.1 Å². The first-order valence-electron chi connectivity index (χ1n) is 7.79. The highest BCUT2D eigenvalue weighted by molar-refractivity contribution is 7.92. The van der Waals surface area contributed by atoms with Crippen LogP contribution in [0.2, 0.25) is 0 Å². The van der Waals surface area contributed by atoms with Crippen LogP contribution in [0.1, 0.15) is 25.7 Å². The summed E-state index contributed by atoms with van der Waals surface area (Å²) in [5.74, 6) is 1.60. The predicted molar refractivity (Wildman–Crippen MR) is 91.8 cm³/mol. The van der Waals surface area contributed by atoms with Gasteiger partial charge in [0, 0.05) is 38.9 Å². The number of benzene rings is 1. The molecule has 1 N–H and O–H groups in total. The van der Waals surface area contributed by atoms with Gasteiger partial charge in [0.1, 0.15) is 11.5 Å². The molecule has 5 nitrogen and oxygen atoms in total. The molecular formula is C17H22N2O3S. The summed E-state index contributed by atoms with van der Waals surface area (Å²) in [7, 11) is -0.807. The van der Waals surface area contributed by atoms with Crippen molar-refractivity contribution in [1.29, 1.82) is 4.78 Å². The average molecular weight is 334 g/mol. The molecule has 1 fully saturated rings. The highest BCUT2D eigenvalue weighted by Gasteiger charge is 2.27. The fourth-order valence-corrected chi connectivity index (χ4v) is 4.28. The van der Waals surface area contributed by atoms with Gasteiger partial charge in [0.15, 0.2) is 0 Å². The van der Waals surface area contributed by atoms with Crippen LogP contribution in [0.5, 0.6) is 11.5 Å². The second-order valence-electron chi connectivity index (χ2n) is 6.11. The highest BCUT2D eigenvalue weighted by Crippen LogP contribution is 2.31. The van der Waals surface area contributed by atoms with Crippen LogP contribution in [0.25, 0.3) is 10.9 Å². The number of nitrogens with zero attached hydrogens (tertiary/aromatic N) is 1. The lowest BCUT2D eigenvalue weighted by molar-refractivity contribution is 0.158. The Kier molecular flexibility index (Phi) is 4.43. The molecule has 1 aromatic heterocycles. The van der Waals surface area contributed by atoms with Crippen LogP contribution in [0.3, 0.4) is 0 Å². The minimum absolute atomic E-state index is 0.000736. The second-order valence-corrected chi connectivity index (χ2v) is 8.59. The predicted octanol–water partition coefficient (Wildman–Crippen LogP) is 3.61. The van der Waals surface area contributed by atoms with Crippen LogP contribution in [0.15, 0.2) is 30.5 Å². The Balaban J connectivity index is 1.75. The van der Waals surface area contributed by atoms with E-state index in [2.05, 4.69) is 4.98 Å². The molecule has 3 rings (SSSR count). The Morgan fingerprint density at radius 3 is 2.61 bits per heavy atom. The van der Waals surface area contributed by atoms with Gasteiger partial charge >= 0.3 is 0 Å². The van der Waals surface area contributed by atoms with Gasteiger partial charge < -0.3 is 9.47 Å². The molecule has 1 aliphatic carbocycles. The van der Waals surface area contributed by atoms with Gasteiger partial charge in [0.25, 0.3) is 0 Å². The number of hydrogen-bond acceptors (Lipinski definition) is 5. The zero-order valence-corrected chi connectivity index (χ0v) is 14.3. The first kappa shape index (κ1) is 16.1. The molecule has 1 aliphatic rings. The van der Waals surface area contributed by atoms with Crippen molar-refractivity contribution in [2.75, 3.05) is 13.4 Å². The lowest BCUT2D eigenvalue weighted by atomic mass is 9.97. The molecule has 6 heteroatoms. The smallest absolute Gasteiger partial charge is 0.130 e. The van der Waals surface area contributed by atoms with Crippen LogP contribution in [0, 0.1) is 4.78 Å². The fraction of sp³-hybridized carbons (Fsp3) is 0.471. The Morgan fingerprint density at radius 2 is 1.96 bits per heavy atom. The zero-order chi connectivity index (χ0) is 16.4. The van der Waals surface area contributed by atoms with Crippen LogP contribution in [0.4, 0.5) is 0 Å². The molecule has 0 amide bonds. The van der Waals surface area contributed by atoms with Crippen molar-refractivity contribution in [2.45, 2.75) is 37.0 Å². The molecule has 124 valence electrons. The van der Waals surface area contributed by atoms with Gasteiger partial charge in [0.05, 0.1) is 18.7 Å². The number of nitrogens with one attached hydrogen (secondary N) is 1. The zero-order valence-electron chi connectivity index (χ0n) is 13.5. The molecule has 1 heterocycles. The molecule has 1 saturated carbocycles. The number of aromatic nitrogens is 1. The third-order valence-corrected chi connectivity index (χ3v) is 6.20. The van der Waals surface area contributed by atoms with Crippen LogP contribution >= 0.6 is 0 Å². The van der Waals surface area contributed by atoms with Crippen molar-refractivity contribution < 1.29 is 13.7 Å². The monoisotopic (exact) mass is 334 g/mol. The second kappa shape index (κ2) is 6.35. The highest BCUT2D eigenvalue weighted by atomic mass is 32.2. The molecule has 0 spiro atoms. The quantitative estimate of drug-likeness (QED) is 0.927. The topological polar surface area (TPSA) is 72.3 Å². The van der Waals surface area contributed by atoms with Gasteiger partial charge in [-0.1, -0.05) is 0 Å². The van der Waals surface area contributed by atoms with E-state index < -0.39 is 9.73 Å². The SMILES string of the molecule is COc1ccc2c(O[C@H]3CC[C@H](S(C)(=N)=O)CC3)ccnc2c1. The minimum atomic E-state index is -2.44. The summed E-state index contributed by atoms with van der Waals surface area (Å²) in [6.07, 6.45) is 6.66. The van der Waals surface area contributed by atoms with E-state index in [-0.39, 0.29) is 11.4 Å². The van der Waals surface area contributed by atoms with E-state index in [0.29, 0.717) is 0 Å². The molecule has 0 radical (unpaired) electrons. The van der Waals surface area contributed by atoms with E-state index in [1.54, 1.807) is 19.6 Å². The van der Waals surface area contributed by atoms with Gasteiger partial charge in [-0.3, -0.25) is 9.76 Å². The molecule has 0 saturated heterocycles. The summed E-state index contributed by atoms with van der Waals surface area (Å²) in [5.41, 5.74) is 0.846. The van der Waals surface area contributed by atoms with E-state index in [4.69, 9.17) is 14.3 Å². The van der Waals surface area contributed by atoms with E-state index in [9.17, 15) is 4.21 Å². The third-order valence-electron chi connectivity index (χ3n) is 4.46. The van der Waals surface area contributed by atoms with Crippen molar-refractivity contribution >= 4 is 20.6 Å². The van der Waals surface area contributed by atoms with Crippen LogP contribution in [-0.2, 0) is 9.73 Å². The van der Waals surface area contributed by atoms with Crippen molar-refractivity contribution in [3.05, 3.63) is 30.5 Å². The summed E-state index contributed by atoms with van der Waals surface area (Å²) in [6, 6.07) is 7.64. The van der Waals surface area contributed by atoms with Crippen molar-refractivity contribution in [2.24, 2.45) is 0 Å². The number of rotatable bonds is 4. The Morgan fingerprint density at radius 1 is 1.22 bits per heavy atom. The molecule has 1 aromatic carbocycles. The standard InChI is InChI=1S/C17H22N2O3S/c1-21-13-5-8-15-16(11-13)19-10-9-17(15)22-12-3-6-14(7-4-12)23(2,18)20/h5,8-12,14,18H,3-4,6-7H2,1-2H3/t12-,14-,23?. The fourth-order valence-electron chi connectivity index (χ4n) is 3.11. The van der Waals surface area contributed by atoms with Crippen LogP contribution in [-0.4, -0.2) is 33.9 Å². The lowest BCUT2D eigenvalue weighted by Crippen LogP contribution is -2.30. The van der Waals surface area contributed by atoms with Gasteiger partial charge in [-0.05, 0) is 43.9 Å². The molecule has 1 atom stereocenters. The van der Waals surface area contributed by atoms with Crippen LogP contribution < -0.4 is 9.47 Å². The largest absolute Gasteiger partial charge is 0.497 e. The normalized spacial score (nSPS) is 24.1. The summed E-state index contributed by atoms with van der Waals surface area (Å²) in [5, 5.41) is 0.969. The van der Waals surface area contributed by atoms with Crippen molar-refractivity contribution in [1.82, 2.24) is 4.98 Å². The summed E-state index contributed by atoms with van der Waals surface area (Å²) in [4.78, 5) is 4.37. The number of pyridine rings is 1. The Hall–Kier alpha value is -1.82. The molecule has 0 bridgehead atoms. The van der Waals surface area contributed by atoms with Gasteiger partial charge in [-0.2, -0.15) is 0 Å². The average Bonchev–Trinajstić information content (AvgIpc) is 2.54. The number of ether oxygens (including phenoxy) is 2. The van der Waals surface area contributed by atoms with E-state index >= 15 is 0 Å². The van der Waals surface area contributed by atoms with E-state index in [1.807, 2.05) is 24.3 Å². The summed E-state index contributed by atoms with van der Waals surface area (Å²) >= 11 is 0. The maximum Gasteiger partial charge on any atom is 0.130 e. The summed E-state index contributed by atoms with van der Waals surface area (Å²) < 4.78 is 31.0. The first-order valence-corrected chi connectivity index (χ1v) is 9.82. The molecule has 23 heavy (non-hydrogen) atoms. The maximum absolute atomic E-state index is 11.8. The molecular weight excluding hydrogens is 312 g/mol. The van der Waals surface area contributed by atoms with E-state index in [1.165, 1.54) is 0 Å². The van der Waals surface area contributed by atoms with Crippen molar-refractivity contribution in [3.8, 4) is 11.5 Å². The lowest BCUT2D eigenvalue weighted by Gasteiger charge is -2.29. The van der Waals surface area contributed by atoms with Gasteiger partial charge in [-0.25, -0.2) is 4.21 Å². The minimum Gasteiger partial charge on any atom is -0.497 e. The Bertz CT molecular complexity index is 797. The van der Waals surface area contributed by atoms with Crippen molar-refractivity contribution in [3.63, 3.8) is 0 Å². The molecule has 1 unspecified atom stereocenters. The maximum atomic E-state index is 11.8.